The fraction of sp³-hybridized carbons (Fsp3) is 0.478. The third-order valence-electron chi connectivity index (χ3n) is 5.36. The zero-order chi connectivity index (χ0) is 22.1. The van der Waals surface area contributed by atoms with Crippen LogP contribution in [-0.4, -0.2) is 36.4 Å². The van der Waals surface area contributed by atoms with Crippen LogP contribution in [0, 0.1) is 5.41 Å². The van der Waals surface area contributed by atoms with Crippen molar-refractivity contribution in [3.8, 4) is 0 Å². The van der Waals surface area contributed by atoms with Gasteiger partial charge in [0.15, 0.2) is 12.1 Å². The number of nitrogens with one attached hydrogen (secondary N) is 1. The zero-order valence-corrected chi connectivity index (χ0v) is 18.5. The van der Waals surface area contributed by atoms with E-state index >= 15 is 0 Å². The number of halogens is 1. The van der Waals surface area contributed by atoms with Crippen LogP contribution in [0.15, 0.2) is 46.8 Å². The molecule has 1 aromatic rings. The number of hydrogen-bond acceptors (Lipinski definition) is 6. The van der Waals surface area contributed by atoms with E-state index < -0.39 is 18.2 Å². The van der Waals surface area contributed by atoms with E-state index in [0.717, 1.165) is 0 Å². The van der Waals surface area contributed by atoms with Gasteiger partial charge in [0.2, 0.25) is 0 Å². The van der Waals surface area contributed by atoms with E-state index in [1.54, 1.807) is 32.0 Å². The van der Waals surface area contributed by atoms with Crippen LogP contribution in [0.3, 0.4) is 0 Å². The number of allylic oxidation sites excluding steroid dienone is 2. The Morgan fingerprint density at radius 2 is 1.97 bits per heavy atom. The molecular weight excluding hydrogens is 406 g/mol. The fourth-order valence-electron chi connectivity index (χ4n) is 4.20. The van der Waals surface area contributed by atoms with Gasteiger partial charge < -0.3 is 19.9 Å². The molecule has 1 aliphatic heterocycles. The highest BCUT2D eigenvalue weighted by atomic mass is 35.5. The second-order valence-corrected chi connectivity index (χ2v) is 8.68. The van der Waals surface area contributed by atoms with Gasteiger partial charge in [-0.2, -0.15) is 0 Å². The zero-order valence-electron chi connectivity index (χ0n) is 17.8. The number of esters is 1. The molecule has 0 saturated heterocycles. The van der Waals surface area contributed by atoms with Gasteiger partial charge in [0.05, 0.1) is 17.9 Å². The summed E-state index contributed by atoms with van der Waals surface area (Å²) in [5, 5.41) is 14.3. The molecule has 2 atom stereocenters. The van der Waals surface area contributed by atoms with Crippen molar-refractivity contribution < 1.29 is 24.2 Å². The summed E-state index contributed by atoms with van der Waals surface area (Å²) in [5.41, 5.74) is 1.89. The maximum absolute atomic E-state index is 13.3. The van der Waals surface area contributed by atoms with Gasteiger partial charge in [-0.15, -0.1) is 0 Å². The molecule has 0 saturated carbocycles. The lowest BCUT2D eigenvalue weighted by Gasteiger charge is -2.40. The second-order valence-electron chi connectivity index (χ2n) is 8.27. The topological polar surface area (TPSA) is 84.9 Å². The maximum atomic E-state index is 13.3. The Morgan fingerprint density at radius 1 is 1.27 bits per heavy atom. The van der Waals surface area contributed by atoms with E-state index in [1.165, 1.54) is 0 Å². The minimum Gasteiger partial charge on any atom is -0.463 e. The quantitative estimate of drug-likeness (QED) is 0.523. The van der Waals surface area contributed by atoms with E-state index in [9.17, 15) is 14.7 Å². The fourth-order valence-corrected chi connectivity index (χ4v) is 4.45. The standard InChI is InChI=1S/C23H28ClNO5/c1-5-29-21(27)19-17(13-9-7-8-10-14(13)24)18-15(11-23(3,4)12-16(18)26)25-20(19)22(28)30-6-2/h7-10,17,22,25,28H,5-6,11-12H2,1-4H3. The molecule has 6 nitrogen and oxygen atoms in total. The lowest BCUT2D eigenvalue weighted by atomic mass is 9.68. The molecule has 0 radical (unpaired) electrons. The van der Waals surface area contributed by atoms with Gasteiger partial charge in [0.1, 0.15) is 0 Å². The summed E-state index contributed by atoms with van der Waals surface area (Å²) < 4.78 is 10.7. The van der Waals surface area contributed by atoms with E-state index in [1.807, 2.05) is 19.9 Å². The van der Waals surface area contributed by atoms with Gasteiger partial charge in [-0.05, 0) is 37.3 Å². The number of Topliss-reactive ketones (excluding diaryl/α,β-unsaturated/α-hetero) is 1. The van der Waals surface area contributed by atoms with Crippen molar-refractivity contribution in [2.45, 2.75) is 52.7 Å². The van der Waals surface area contributed by atoms with Crippen molar-refractivity contribution in [3.63, 3.8) is 0 Å². The van der Waals surface area contributed by atoms with Crippen molar-refractivity contribution in [3.05, 3.63) is 57.4 Å². The van der Waals surface area contributed by atoms with Crippen LogP contribution < -0.4 is 5.32 Å². The van der Waals surface area contributed by atoms with Crippen LogP contribution in [0.2, 0.25) is 5.02 Å². The molecule has 0 aromatic heterocycles. The highest BCUT2D eigenvalue weighted by Crippen LogP contribution is 2.48. The Bertz CT molecular complexity index is 918. The average Bonchev–Trinajstić information content (AvgIpc) is 2.66. The highest BCUT2D eigenvalue weighted by Gasteiger charge is 2.45. The number of benzene rings is 1. The molecule has 1 aromatic carbocycles. The number of aliphatic hydroxyl groups is 1. The predicted molar refractivity (Wildman–Crippen MR) is 114 cm³/mol. The minimum atomic E-state index is -1.37. The molecule has 2 N–H and O–H groups in total. The molecule has 30 heavy (non-hydrogen) atoms. The van der Waals surface area contributed by atoms with Crippen molar-refractivity contribution in [2.24, 2.45) is 5.41 Å². The van der Waals surface area contributed by atoms with Crippen molar-refractivity contribution >= 4 is 23.4 Å². The third kappa shape index (κ3) is 4.31. The van der Waals surface area contributed by atoms with Crippen molar-refractivity contribution in [1.29, 1.82) is 0 Å². The summed E-state index contributed by atoms with van der Waals surface area (Å²) in [6, 6.07) is 7.11. The van der Waals surface area contributed by atoms with Gasteiger partial charge in [0.25, 0.3) is 0 Å². The number of rotatable bonds is 6. The Balaban J connectivity index is 2.28. The largest absolute Gasteiger partial charge is 0.463 e. The number of ketones is 1. The first-order valence-corrected chi connectivity index (χ1v) is 10.6. The first-order chi connectivity index (χ1) is 14.2. The normalized spacial score (nSPS) is 21.8. The van der Waals surface area contributed by atoms with Gasteiger partial charge in [-0.25, -0.2) is 4.79 Å². The van der Waals surface area contributed by atoms with Gasteiger partial charge in [-0.3, -0.25) is 4.79 Å². The number of aliphatic hydroxyl groups excluding tert-OH is 1. The smallest absolute Gasteiger partial charge is 0.336 e. The second kappa shape index (κ2) is 8.92. The van der Waals surface area contributed by atoms with Gasteiger partial charge in [-0.1, -0.05) is 43.6 Å². The van der Waals surface area contributed by atoms with Crippen LogP contribution >= 0.6 is 11.6 Å². The Kier molecular flexibility index (Phi) is 6.70. The van der Waals surface area contributed by atoms with E-state index in [0.29, 0.717) is 34.7 Å². The molecular formula is C23H28ClNO5. The number of carbonyl (C=O) groups is 2. The average molecular weight is 434 g/mol. The van der Waals surface area contributed by atoms with Crippen molar-refractivity contribution in [2.75, 3.05) is 13.2 Å². The molecule has 1 heterocycles. The van der Waals surface area contributed by atoms with E-state index in [4.69, 9.17) is 21.1 Å². The number of ether oxygens (including phenoxy) is 2. The Morgan fingerprint density at radius 3 is 2.60 bits per heavy atom. The number of carbonyl (C=O) groups excluding carboxylic acids is 2. The molecule has 0 spiro atoms. The SMILES string of the molecule is CCOC(=O)C1=C(C(O)OCC)NC2=C(C(=O)CC(C)(C)C2)C1c1ccccc1Cl. The molecule has 2 aliphatic rings. The monoisotopic (exact) mass is 433 g/mol. The third-order valence-corrected chi connectivity index (χ3v) is 5.70. The predicted octanol–water partition coefficient (Wildman–Crippen LogP) is 3.84. The maximum Gasteiger partial charge on any atom is 0.336 e. The first kappa shape index (κ1) is 22.5. The van der Waals surface area contributed by atoms with Gasteiger partial charge >= 0.3 is 5.97 Å². The first-order valence-electron chi connectivity index (χ1n) is 10.2. The molecule has 3 rings (SSSR count). The molecule has 0 bridgehead atoms. The highest BCUT2D eigenvalue weighted by molar-refractivity contribution is 6.31. The molecule has 0 fully saturated rings. The lowest BCUT2D eigenvalue weighted by molar-refractivity contribution is -0.139. The van der Waals surface area contributed by atoms with Crippen LogP contribution in [0.5, 0.6) is 0 Å². The molecule has 7 heteroatoms. The summed E-state index contributed by atoms with van der Waals surface area (Å²) in [6.45, 7) is 7.89. The molecule has 2 unspecified atom stereocenters. The van der Waals surface area contributed by atoms with Crippen LogP contribution in [-0.2, 0) is 19.1 Å². The van der Waals surface area contributed by atoms with Crippen LogP contribution in [0.1, 0.15) is 52.0 Å². The van der Waals surface area contributed by atoms with E-state index in [-0.39, 0.29) is 35.7 Å². The molecule has 162 valence electrons. The summed E-state index contributed by atoms with van der Waals surface area (Å²) in [4.78, 5) is 26.3. The molecule has 0 amide bonds. The summed E-state index contributed by atoms with van der Waals surface area (Å²) in [5.74, 6) is -1.42. The minimum absolute atomic E-state index is 0.0505. The van der Waals surface area contributed by atoms with Gasteiger partial charge in [0, 0.05) is 35.2 Å². The summed E-state index contributed by atoms with van der Waals surface area (Å²) in [6.07, 6.45) is -0.421. The number of hydrogen-bond donors (Lipinski definition) is 2. The summed E-state index contributed by atoms with van der Waals surface area (Å²) in [7, 11) is 0. The summed E-state index contributed by atoms with van der Waals surface area (Å²) >= 11 is 6.51. The lowest BCUT2D eigenvalue weighted by Crippen LogP contribution is -2.42. The van der Waals surface area contributed by atoms with E-state index in [2.05, 4.69) is 5.32 Å². The van der Waals surface area contributed by atoms with Crippen molar-refractivity contribution in [1.82, 2.24) is 5.32 Å². The molecule has 1 aliphatic carbocycles. The number of dihydropyridines is 1. The Hall–Kier alpha value is -2.15. The van der Waals surface area contributed by atoms with Crippen LogP contribution in [0.4, 0.5) is 0 Å². The van der Waals surface area contributed by atoms with Crippen LogP contribution in [0.25, 0.3) is 0 Å². The Labute approximate surface area is 181 Å².